The van der Waals surface area contributed by atoms with E-state index in [-0.39, 0.29) is 12.1 Å². The van der Waals surface area contributed by atoms with Gasteiger partial charge in [-0.15, -0.1) is 0 Å². The molecule has 1 saturated heterocycles. The highest BCUT2D eigenvalue weighted by molar-refractivity contribution is 7.80. The summed E-state index contributed by atoms with van der Waals surface area (Å²) in [5, 5.41) is 4.50. The Balaban J connectivity index is 1.64. The van der Waals surface area contributed by atoms with Crippen molar-refractivity contribution < 1.29 is 0 Å². The van der Waals surface area contributed by atoms with E-state index >= 15 is 0 Å². The van der Waals surface area contributed by atoms with Crippen LogP contribution in [0.1, 0.15) is 61.3 Å². The van der Waals surface area contributed by atoms with Crippen LogP contribution in [-0.4, -0.2) is 25.6 Å². The van der Waals surface area contributed by atoms with Crippen LogP contribution < -0.4 is 5.32 Å². The first kappa shape index (κ1) is 19.3. The van der Waals surface area contributed by atoms with Gasteiger partial charge in [0.15, 0.2) is 5.11 Å². The van der Waals surface area contributed by atoms with Crippen molar-refractivity contribution in [1.82, 2.24) is 19.8 Å². The Morgan fingerprint density at radius 2 is 1.70 bits per heavy atom. The molecule has 4 nitrogen and oxygen atoms in total. The first-order valence-corrected chi connectivity index (χ1v) is 11.4. The average Bonchev–Trinajstić information content (AvgIpc) is 3.35. The Morgan fingerprint density at radius 1 is 0.933 bits per heavy atom. The van der Waals surface area contributed by atoms with E-state index in [1.807, 2.05) is 12.3 Å². The summed E-state index contributed by atoms with van der Waals surface area (Å²) in [6.45, 7) is 2.18. The number of hydrogen-bond acceptors (Lipinski definition) is 2. The van der Waals surface area contributed by atoms with Crippen molar-refractivity contribution in [2.24, 2.45) is 0 Å². The van der Waals surface area contributed by atoms with Crippen LogP contribution in [0.4, 0.5) is 0 Å². The maximum absolute atomic E-state index is 5.92. The van der Waals surface area contributed by atoms with Gasteiger partial charge in [-0.3, -0.25) is 4.98 Å². The van der Waals surface area contributed by atoms with Crippen LogP contribution in [0.25, 0.3) is 5.69 Å². The molecule has 2 aromatic heterocycles. The van der Waals surface area contributed by atoms with E-state index in [0.29, 0.717) is 6.04 Å². The van der Waals surface area contributed by atoms with E-state index < -0.39 is 0 Å². The van der Waals surface area contributed by atoms with Crippen LogP contribution in [-0.2, 0) is 0 Å². The molecule has 2 aliphatic rings. The minimum atomic E-state index is 0.0392. The lowest BCUT2D eigenvalue weighted by Crippen LogP contribution is -2.40. The normalized spacial score (nSPS) is 22.3. The van der Waals surface area contributed by atoms with Gasteiger partial charge in [-0.05, 0) is 68.4 Å². The molecule has 1 aliphatic carbocycles. The van der Waals surface area contributed by atoms with Crippen LogP contribution in [0.5, 0.6) is 0 Å². The number of aromatic nitrogens is 2. The smallest absolute Gasteiger partial charge is 0.170 e. The standard InChI is InChI=1S/C25H28N4S/c1-18-15-16-22(28(18)19-10-4-2-5-11-19)24-23(21-14-8-9-17-26-21)27-25(30)29(24)20-12-6-3-7-13-20/h2,4-5,8-11,14-17,20,23-24H,3,6-7,12-13H2,1H3,(H,27,30)/t23-,24-/m0/s1. The van der Waals surface area contributed by atoms with Crippen molar-refractivity contribution in [1.29, 1.82) is 0 Å². The van der Waals surface area contributed by atoms with Gasteiger partial charge >= 0.3 is 0 Å². The summed E-state index contributed by atoms with van der Waals surface area (Å²) in [5.74, 6) is 0. The molecule has 0 radical (unpaired) electrons. The van der Waals surface area contributed by atoms with Crippen molar-refractivity contribution in [2.75, 3.05) is 0 Å². The monoisotopic (exact) mass is 416 g/mol. The maximum Gasteiger partial charge on any atom is 0.170 e. The molecule has 0 amide bonds. The molecule has 2 atom stereocenters. The van der Waals surface area contributed by atoms with Gasteiger partial charge in [0, 0.05) is 29.3 Å². The summed E-state index contributed by atoms with van der Waals surface area (Å²) in [6.07, 6.45) is 8.18. The Morgan fingerprint density at radius 3 is 2.43 bits per heavy atom. The molecule has 3 aromatic rings. The fourth-order valence-corrected chi connectivity index (χ4v) is 5.54. The van der Waals surface area contributed by atoms with Crippen molar-refractivity contribution in [3.63, 3.8) is 0 Å². The highest BCUT2D eigenvalue weighted by atomic mass is 32.1. The number of nitrogens with zero attached hydrogens (tertiary/aromatic N) is 3. The van der Waals surface area contributed by atoms with Gasteiger partial charge in [0.2, 0.25) is 0 Å². The van der Waals surface area contributed by atoms with Crippen molar-refractivity contribution in [3.05, 3.63) is 83.9 Å². The third-order valence-corrected chi connectivity index (χ3v) is 6.86. The van der Waals surface area contributed by atoms with Crippen LogP contribution in [0, 0.1) is 6.92 Å². The zero-order chi connectivity index (χ0) is 20.5. The summed E-state index contributed by atoms with van der Waals surface area (Å²) in [5.41, 5.74) is 4.74. The second-order valence-corrected chi connectivity index (χ2v) is 8.78. The second-order valence-electron chi connectivity index (χ2n) is 8.40. The van der Waals surface area contributed by atoms with Crippen molar-refractivity contribution >= 4 is 17.3 Å². The largest absolute Gasteiger partial charge is 0.352 e. The van der Waals surface area contributed by atoms with E-state index in [4.69, 9.17) is 17.2 Å². The molecular weight excluding hydrogens is 388 g/mol. The molecule has 0 spiro atoms. The van der Waals surface area contributed by atoms with Crippen LogP contribution in [0.3, 0.4) is 0 Å². The predicted octanol–water partition coefficient (Wildman–Crippen LogP) is 5.49. The quantitative estimate of drug-likeness (QED) is 0.571. The fraction of sp³-hybridized carbons (Fsp3) is 0.360. The van der Waals surface area contributed by atoms with Gasteiger partial charge in [0.25, 0.3) is 0 Å². The Bertz CT molecular complexity index is 1010. The van der Waals surface area contributed by atoms with Gasteiger partial charge < -0.3 is 14.8 Å². The molecule has 2 fully saturated rings. The van der Waals surface area contributed by atoms with Crippen molar-refractivity contribution in [2.45, 2.75) is 57.2 Å². The summed E-state index contributed by atoms with van der Waals surface area (Å²) in [7, 11) is 0. The van der Waals surface area contributed by atoms with Crippen LogP contribution >= 0.6 is 12.2 Å². The summed E-state index contributed by atoms with van der Waals surface area (Å²) in [4.78, 5) is 7.19. The van der Waals surface area contributed by atoms with E-state index in [1.54, 1.807) is 0 Å². The van der Waals surface area contributed by atoms with Crippen LogP contribution in [0.15, 0.2) is 66.9 Å². The number of thiocarbonyl (C=S) groups is 1. The zero-order valence-electron chi connectivity index (χ0n) is 17.4. The second kappa shape index (κ2) is 8.23. The van der Waals surface area contributed by atoms with Crippen LogP contribution in [0.2, 0.25) is 0 Å². The highest BCUT2D eigenvalue weighted by Gasteiger charge is 2.44. The van der Waals surface area contributed by atoms with Gasteiger partial charge in [0.1, 0.15) is 0 Å². The molecule has 1 aliphatic heterocycles. The molecular formula is C25H28N4S. The summed E-state index contributed by atoms with van der Waals surface area (Å²) in [6, 6.07) is 21.9. The molecule has 3 heterocycles. The first-order valence-electron chi connectivity index (χ1n) is 11.0. The zero-order valence-corrected chi connectivity index (χ0v) is 18.2. The topological polar surface area (TPSA) is 33.1 Å². The predicted molar refractivity (Wildman–Crippen MR) is 125 cm³/mol. The van der Waals surface area contributed by atoms with E-state index in [9.17, 15) is 0 Å². The molecule has 5 rings (SSSR count). The minimum absolute atomic E-state index is 0.0392. The van der Waals surface area contributed by atoms with Crippen molar-refractivity contribution in [3.8, 4) is 5.69 Å². The van der Waals surface area contributed by atoms with Gasteiger partial charge in [-0.25, -0.2) is 0 Å². The van der Waals surface area contributed by atoms with Gasteiger partial charge in [-0.1, -0.05) is 43.5 Å². The number of para-hydroxylation sites is 1. The maximum atomic E-state index is 5.92. The highest BCUT2D eigenvalue weighted by Crippen LogP contribution is 2.43. The third kappa shape index (κ3) is 3.41. The fourth-order valence-electron chi connectivity index (χ4n) is 5.15. The lowest BCUT2D eigenvalue weighted by Gasteiger charge is -2.37. The Kier molecular flexibility index (Phi) is 5.30. The molecule has 30 heavy (non-hydrogen) atoms. The molecule has 154 valence electrons. The third-order valence-electron chi connectivity index (χ3n) is 6.53. The first-order chi connectivity index (χ1) is 14.7. The number of aryl methyl sites for hydroxylation is 1. The van der Waals surface area contributed by atoms with Gasteiger partial charge in [-0.2, -0.15) is 0 Å². The minimum Gasteiger partial charge on any atom is -0.352 e. The lowest BCUT2D eigenvalue weighted by atomic mass is 9.92. The summed E-state index contributed by atoms with van der Waals surface area (Å²) >= 11 is 5.92. The molecule has 0 unspecified atom stereocenters. The van der Waals surface area contributed by atoms with Gasteiger partial charge in [0.05, 0.1) is 17.8 Å². The number of pyridine rings is 1. The SMILES string of the molecule is Cc1ccc([C@H]2[C@H](c3ccccn3)NC(=S)N2C2CCCCC2)n1-c1ccccc1. The van der Waals surface area contributed by atoms with E-state index in [2.05, 4.69) is 76.3 Å². The van der Waals surface area contributed by atoms with E-state index in [1.165, 1.54) is 49.2 Å². The average molecular weight is 417 g/mol. The number of hydrogen-bond donors (Lipinski definition) is 1. The molecule has 0 bridgehead atoms. The molecule has 1 saturated carbocycles. The molecule has 1 N–H and O–H groups in total. The number of nitrogens with one attached hydrogen (secondary N) is 1. The summed E-state index contributed by atoms with van der Waals surface area (Å²) < 4.78 is 2.38. The Labute approximate surface area is 183 Å². The number of rotatable bonds is 4. The Hall–Kier alpha value is -2.66. The lowest BCUT2D eigenvalue weighted by molar-refractivity contribution is 0.193. The molecule has 5 heteroatoms. The van der Waals surface area contributed by atoms with E-state index in [0.717, 1.165) is 10.8 Å². The number of benzene rings is 1. The molecule has 1 aromatic carbocycles.